The van der Waals surface area contributed by atoms with Crippen molar-refractivity contribution in [2.75, 3.05) is 5.32 Å². The number of anilines is 2. The zero-order chi connectivity index (χ0) is 26.5. The molecule has 2 heteroatoms. The molecule has 6 aromatic carbocycles. The van der Waals surface area contributed by atoms with Crippen LogP contribution in [0.3, 0.4) is 0 Å². The molecule has 1 heterocycles. The number of hydrogen-bond donors (Lipinski definition) is 1. The van der Waals surface area contributed by atoms with Crippen molar-refractivity contribution < 1.29 is 4.42 Å². The normalized spacial score (nSPS) is 12.3. The van der Waals surface area contributed by atoms with Gasteiger partial charge < -0.3 is 9.73 Å². The fourth-order valence-electron chi connectivity index (χ4n) is 6.33. The summed E-state index contributed by atoms with van der Waals surface area (Å²) < 4.78 is 6.09. The van der Waals surface area contributed by atoms with E-state index in [1.807, 2.05) is 12.1 Å². The highest BCUT2D eigenvalue weighted by molar-refractivity contribution is 6.06. The summed E-state index contributed by atoms with van der Waals surface area (Å²) >= 11 is 0. The highest BCUT2D eigenvalue weighted by Gasteiger charge is 2.20. The van der Waals surface area contributed by atoms with Gasteiger partial charge in [0.1, 0.15) is 11.2 Å². The van der Waals surface area contributed by atoms with Crippen molar-refractivity contribution >= 4 is 33.3 Å². The van der Waals surface area contributed by atoms with Gasteiger partial charge in [0, 0.05) is 27.7 Å². The van der Waals surface area contributed by atoms with Crippen molar-refractivity contribution in [2.24, 2.45) is 0 Å². The van der Waals surface area contributed by atoms with Crippen LogP contribution in [0.25, 0.3) is 44.2 Å². The van der Waals surface area contributed by atoms with Crippen LogP contribution in [0.4, 0.5) is 11.4 Å². The second-order valence-corrected chi connectivity index (χ2v) is 10.6. The Kier molecular flexibility index (Phi) is 5.31. The summed E-state index contributed by atoms with van der Waals surface area (Å²) in [5.74, 6) is 0. The van der Waals surface area contributed by atoms with Gasteiger partial charge in [-0.2, -0.15) is 0 Å². The summed E-state index contributed by atoms with van der Waals surface area (Å²) in [5, 5.41) is 6.07. The minimum absolute atomic E-state index is 0.856. The molecule has 1 aromatic heterocycles. The first kappa shape index (κ1) is 22.9. The molecule has 0 amide bonds. The van der Waals surface area contributed by atoms with Gasteiger partial charge in [0.05, 0.1) is 0 Å². The Morgan fingerprint density at radius 1 is 0.450 bits per heavy atom. The lowest BCUT2D eigenvalue weighted by molar-refractivity contribution is 0.669. The van der Waals surface area contributed by atoms with Crippen LogP contribution in [-0.4, -0.2) is 0 Å². The lowest BCUT2D eigenvalue weighted by atomic mass is 9.83. The minimum Gasteiger partial charge on any atom is -0.456 e. The molecule has 0 bridgehead atoms. The lowest BCUT2D eigenvalue weighted by Crippen LogP contribution is -2.04. The van der Waals surface area contributed by atoms with E-state index in [4.69, 9.17) is 4.42 Å². The predicted molar refractivity (Wildman–Crippen MR) is 166 cm³/mol. The molecule has 0 fully saturated rings. The molecular weight excluding hydrogens is 486 g/mol. The van der Waals surface area contributed by atoms with Crippen molar-refractivity contribution in [3.8, 4) is 22.3 Å². The molecule has 40 heavy (non-hydrogen) atoms. The Labute approximate surface area is 233 Å². The van der Waals surface area contributed by atoms with Gasteiger partial charge >= 0.3 is 0 Å². The molecular formula is C38H27NO. The lowest BCUT2D eigenvalue weighted by Gasteiger charge is -2.23. The largest absolute Gasteiger partial charge is 0.456 e. The fourth-order valence-corrected chi connectivity index (χ4v) is 6.33. The van der Waals surface area contributed by atoms with E-state index < -0.39 is 0 Å². The van der Waals surface area contributed by atoms with Gasteiger partial charge in [-0.3, -0.25) is 0 Å². The first-order chi connectivity index (χ1) is 19.8. The monoisotopic (exact) mass is 513 g/mol. The van der Waals surface area contributed by atoms with Crippen LogP contribution in [-0.2, 0) is 12.8 Å². The van der Waals surface area contributed by atoms with E-state index in [1.165, 1.54) is 44.5 Å². The molecule has 0 spiro atoms. The van der Waals surface area contributed by atoms with Crippen LogP contribution in [0.1, 0.15) is 22.3 Å². The first-order valence-electron chi connectivity index (χ1n) is 13.9. The molecule has 0 atom stereocenters. The zero-order valence-corrected chi connectivity index (χ0v) is 22.0. The molecule has 8 rings (SSSR count). The smallest absolute Gasteiger partial charge is 0.135 e. The van der Waals surface area contributed by atoms with E-state index in [0.29, 0.717) is 0 Å². The van der Waals surface area contributed by atoms with Gasteiger partial charge in [-0.25, -0.2) is 0 Å². The Morgan fingerprint density at radius 2 is 1.02 bits per heavy atom. The number of rotatable bonds is 2. The Bertz CT molecular complexity index is 2050. The van der Waals surface area contributed by atoms with Gasteiger partial charge in [-0.05, 0) is 82.1 Å². The van der Waals surface area contributed by atoms with Crippen molar-refractivity contribution in [1.82, 2.24) is 0 Å². The molecule has 190 valence electrons. The van der Waals surface area contributed by atoms with Crippen LogP contribution >= 0.6 is 0 Å². The molecule has 0 aliphatic heterocycles. The van der Waals surface area contributed by atoms with E-state index in [-0.39, 0.29) is 0 Å². The first-order valence-corrected chi connectivity index (χ1v) is 13.9. The Balaban J connectivity index is 1.32. The van der Waals surface area contributed by atoms with Gasteiger partial charge in [0.25, 0.3) is 0 Å². The van der Waals surface area contributed by atoms with Gasteiger partial charge in [-0.1, -0.05) is 103 Å². The second kappa shape index (κ2) is 9.29. The average molecular weight is 514 g/mol. The molecule has 0 saturated carbocycles. The van der Waals surface area contributed by atoms with Crippen molar-refractivity contribution in [3.63, 3.8) is 0 Å². The quantitative estimate of drug-likeness (QED) is 0.249. The summed E-state index contributed by atoms with van der Waals surface area (Å²) in [5.41, 5.74) is 14.5. The SMILES string of the molecule is c1ccc2c(c1)Cc1ccccc1-c1c(cccc1Nc1ccc3oc4ccccc4c3c1)Cc1ccccc1-2. The molecule has 1 aliphatic carbocycles. The summed E-state index contributed by atoms with van der Waals surface area (Å²) in [6.45, 7) is 0. The molecule has 1 N–H and O–H groups in total. The number of benzene rings is 6. The molecule has 2 nitrogen and oxygen atoms in total. The molecule has 0 radical (unpaired) electrons. The van der Waals surface area contributed by atoms with E-state index in [9.17, 15) is 0 Å². The van der Waals surface area contributed by atoms with Crippen LogP contribution in [0.15, 0.2) is 138 Å². The van der Waals surface area contributed by atoms with Crippen molar-refractivity contribution in [3.05, 3.63) is 156 Å². The van der Waals surface area contributed by atoms with Gasteiger partial charge in [0.15, 0.2) is 0 Å². The Morgan fingerprint density at radius 3 is 1.80 bits per heavy atom. The van der Waals surface area contributed by atoms with Crippen molar-refractivity contribution in [2.45, 2.75) is 12.8 Å². The fraction of sp³-hybridized carbons (Fsp3) is 0.0526. The van der Waals surface area contributed by atoms with E-state index in [0.717, 1.165) is 46.2 Å². The van der Waals surface area contributed by atoms with Crippen LogP contribution < -0.4 is 5.32 Å². The summed E-state index contributed by atoms with van der Waals surface area (Å²) in [7, 11) is 0. The standard InChI is InChI=1S/C38H27NO/c1-4-14-30-25(10-1)22-27-12-3-6-16-32(27)38-28(23-26-11-2-5-15-31(26)30)13-9-18-35(38)39-29-20-21-37-34(24-29)33-17-7-8-19-36(33)40-37/h1-21,24,39H,22-23H2. The third-order valence-corrected chi connectivity index (χ3v) is 8.18. The van der Waals surface area contributed by atoms with Crippen LogP contribution in [0.5, 0.6) is 0 Å². The number of furan rings is 1. The minimum atomic E-state index is 0.856. The number of para-hydroxylation sites is 1. The number of fused-ring (bicyclic) bond motifs is 9. The molecule has 1 aliphatic rings. The van der Waals surface area contributed by atoms with Crippen molar-refractivity contribution in [1.29, 1.82) is 0 Å². The number of nitrogens with one attached hydrogen (secondary N) is 1. The molecule has 0 saturated heterocycles. The Hall–Kier alpha value is -5.08. The maximum atomic E-state index is 6.09. The van der Waals surface area contributed by atoms with Crippen LogP contribution in [0, 0.1) is 0 Å². The van der Waals surface area contributed by atoms with Gasteiger partial charge in [-0.15, -0.1) is 0 Å². The van der Waals surface area contributed by atoms with Crippen LogP contribution in [0.2, 0.25) is 0 Å². The highest BCUT2D eigenvalue weighted by Crippen LogP contribution is 2.41. The maximum absolute atomic E-state index is 6.09. The summed E-state index contributed by atoms with van der Waals surface area (Å²) in [6, 6.07) is 47.9. The predicted octanol–water partition coefficient (Wildman–Crippen LogP) is 10.2. The second-order valence-electron chi connectivity index (χ2n) is 10.6. The third-order valence-electron chi connectivity index (χ3n) is 8.18. The summed E-state index contributed by atoms with van der Waals surface area (Å²) in [4.78, 5) is 0. The third kappa shape index (κ3) is 3.80. The topological polar surface area (TPSA) is 25.2 Å². The molecule has 7 aromatic rings. The van der Waals surface area contributed by atoms with Gasteiger partial charge in [0.2, 0.25) is 0 Å². The zero-order valence-electron chi connectivity index (χ0n) is 22.0. The summed E-state index contributed by atoms with van der Waals surface area (Å²) in [6.07, 6.45) is 1.73. The maximum Gasteiger partial charge on any atom is 0.135 e. The van der Waals surface area contributed by atoms with E-state index in [1.54, 1.807) is 0 Å². The van der Waals surface area contributed by atoms with E-state index >= 15 is 0 Å². The molecule has 0 unspecified atom stereocenters. The van der Waals surface area contributed by atoms with E-state index in [2.05, 4.69) is 127 Å². The number of hydrogen-bond acceptors (Lipinski definition) is 2. The highest BCUT2D eigenvalue weighted by atomic mass is 16.3. The average Bonchev–Trinajstić information content (AvgIpc) is 3.37.